The van der Waals surface area contributed by atoms with Crippen LogP contribution in [-0.2, 0) is 43.2 Å². The topological polar surface area (TPSA) is 126 Å². The molecular weight excluding hydrogens is 524 g/mol. The molecule has 41 heavy (non-hydrogen) atoms. The van der Waals surface area contributed by atoms with E-state index in [9.17, 15) is 19.5 Å². The second kappa shape index (κ2) is 15.0. The number of alkyl carbamates (subject to hydrolysis) is 1. The Balaban J connectivity index is 1.46. The average Bonchev–Trinajstić information content (AvgIpc) is 3.80. The maximum Gasteiger partial charge on any atom is 0.408 e. The van der Waals surface area contributed by atoms with E-state index in [4.69, 9.17) is 14.2 Å². The monoisotopic (exact) mass is 560 g/mol. The van der Waals surface area contributed by atoms with Crippen LogP contribution in [0.15, 0.2) is 91.0 Å². The molecule has 1 heterocycles. The summed E-state index contributed by atoms with van der Waals surface area (Å²) in [6.07, 6.45) is -2.43. The molecule has 3 aromatic carbocycles. The molecule has 1 aliphatic heterocycles. The van der Waals surface area contributed by atoms with E-state index in [1.165, 1.54) is 0 Å². The van der Waals surface area contributed by atoms with Crippen LogP contribution in [0.2, 0.25) is 0 Å². The third kappa shape index (κ3) is 9.16. The number of aliphatic hydroxyl groups is 1. The minimum absolute atomic E-state index is 0.0546. The summed E-state index contributed by atoms with van der Waals surface area (Å²) in [6, 6.07) is 26.5. The summed E-state index contributed by atoms with van der Waals surface area (Å²) in [6.45, 7) is 1.95. The highest BCUT2D eigenvalue weighted by molar-refractivity contribution is 5.86. The molecule has 1 saturated heterocycles. The molecule has 0 aliphatic carbocycles. The summed E-state index contributed by atoms with van der Waals surface area (Å²) in [5, 5.41) is 16.8. The Kier molecular flexibility index (Phi) is 10.9. The number of hydrogen-bond acceptors (Lipinski definition) is 7. The van der Waals surface area contributed by atoms with Gasteiger partial charge in [0.1, 0.15) is 24.9 Å². The highest BCUT2D eigenvalue weighted by Crippen LogP contribution is 2.29. The number of aryl methyl sites for hydroxylation is 1. The molecule has 0 spiro atoms. The van der Waals surface area contributed by atoms with E-state index >= 15 is 0 Å². The molecule has 0 saturated carbocycles. The number of carbonyl (C=O) groups is 3. The Hall–Kier alpha value is -4.21. The number of benzene rings is 3. The predicted octanol–water partition coefficient (Wildman–Crippen LogP) is 3.33. The van der Waals surface area contributed by atoms with Crippen LogP contribution in [0.25, 0.3) is 0 Å². The molecule has 2 amide bonds. The molecule has 9 nitrogen and oxygen atoms in total. The Morgan fingerprint density at radius 1 is 0.829 bits per heavy atom. The molecule has 1 fully saturated rings. The van der Waals surface area contributed by atoms with E-state index in [1.807, 2.05) is 91.0 Å². The summed E-state index contributed by atoms with van der Waals surface area (Å²) in [7, 11) is 0. The number of amides is 2. The van der Waals surface area contributed by atoms with Crippen LogP contribution < -0.4 is 10.6 Å². The van der Waals surface area contributed by atoms with Gasteiger partial charge in [0.05, 0.1) is 12.6 Å². The van der Waals surface area contributed by atoms with Gasteiger partial charge in [-0.1, -0.05) is 91.0 Å². The van der Waals surface area contributed by atoms with E-state index in [1.54, 1.807) is 6.92 Å². The first-order chi connectivity index (χ1) is 19.9. The molecule has 0 unspecified atom stereocenters. The van der Waals surface area contributed by atoms with Crippen LogP contribution in [-0.4, -0.2) is 60.1 Å². The molecule has 3 N–H and O–H groups in total. The number of epoxide rings is 1. The van der Waals surface area contributed by atoms with Crippen molar-refractivity contribution in [1.29, 1.82) is 0 Å². The lowest BCUT2D eigenvalue weighted by Crippen LogP contribution is -2.54. The fourth-order valence-corrected chi connectivity index (χ4v) is 4.57. The van der Waals surface area contributed by atoms with Crippen molar-refractivity contribution in [1.82, 2.24) is 10.6 Å². The van der Waals surface area contributed by atoms with E-state index in [0.29, 0.717) is 12.8 Å². The van der Waals surface area contributed by atoms with Crippen molar-refractivity contribution >= 4 is 18.0 Å². The van der Waals surface area contributed by atoms with Crippen LogP contribution in [0.3, 0.4) is 0 Å². The number of esters is 1. The second-order valence-corrected chi connectivity index (χ2v) is 9.85. The third-order valence-corrected chi connectivity index (χ3v) is 6.81. The van der Waals surface area contributed by atoms with Gasteiger partial charge in [0.25, 0.3) is 0 Å². The van der Waals surface area contributed by atoms with Gasteiger partial charge in [-0.25, -0.2) is 9.59 Å². The Bertz CT molecular complexity index is 1260. The molecule has 3 aromatic rings. The first-order valence-electron chi connectivity index (χ1n) is 13.8. The zero-order valence-electron chi connectivity index (χ0n) is 23.0. The summed E-state index contributed by atoms with van der Waals surface area (Å²) >= 11 is 0. The highest BCUT2D eigenvalue weighted by Gasteiger charge is 2.53. The number of hydrogen-bond donors (Lipinski definition) is 3. The molecular formula is C32H36N2O7. The summed E-state index contributed by atoms with van der Waals surface area (Å²) in [5.74, 6) is -1.04. The van der Waals surface area contributed by atoms with Gasteiger partial charge >= 0.3 is 12.1 Å². The molecule has 5 atom stereocenters. The number of carbonyl (C=O) groups excluding carboxylic acids is 3. The van der Waals surface area contributed by atoms with Crippen molar-refractivity contribution in [3.63, 3.8) is 0 Å². The first-order valence-corrected chi connectivity index (χ1v) is 13.8. The zero-order chi connectivity index (χ0) is 29.0. The quantitative estimate of drug-likeness (QED) is 0.204. The van der Waals surface area contributed by atoms with E-state index in [2.05, 4.69) is 10.6 Å². The fourth-order valence-electron chi connectivity index (χ4n) is 4.57. The fraction of sp³-hybridized carbons (Fsp3) is 0.344. The van der Waals surface area contributed by atoms with Gasteiger partial charge in [0, 0.05) is 6.42 Å². The molecule has 0 aromatic heterocycles. The third-order valence-electron chi connectivity index (χ3n) is 6.81. The van der Waals surface area contributed by atoms with Gasteiger partial charge in [-0.15, -0.1) is 0 Å². The Morgan fingerprint density at radius 2 is 1.41 bits per heavy atom. The summed E-state index contributed by atoms with van der Waals surface area (Å²) in [5.41, 5.74) is 2.68. The Morgan fingerprint density at radius 3 is 2.02 bits per heavy atom. The smallest absolute Gasteiger partial charge is 0.408 e. The molecule has 0 bridgehead atoms. The van der Waals surface area contributed by atoms with Gasteiger partial charge in [-0.05, 0) is 36.5 Å². The van der Waals surface area contributed by atoms with Crippen molar-refractivity contribution in [3.05, 3.63) is 108 Å². The normalized spacial score (nSPS) is 17.9. The van der Waals surface area contributed by atoms with Crippen LogP contribution in [0.4, 0.5) is 4.79 Å². The minimum Gasteiger partial charge on any atom is -0.464 e. The maximum atomic E-state index is 13.6. The van der Waals surface area contributed by atoms with E-state index in [0.717, 1.165) is 16.7 Å². The van der Waals surface area contributed by atoms with Gasteiger partial charge < -0.3 is 30.0 Å². The van der Waals surface area contributed by atoms with Crippen molar-refractivity contribution in [2.75, 3.05) is 6.61 Å². The van der Waals surface area contributed by atoms with E-state index < -0.39 is 48.4 Å². The van der Waals surface area contributed by atoms with Gasteiger partial charge in [-0.3, -0.25) is 4.79 Å². The van der Waals surface area contributed by atoms with E-state index in [-0.39, 0.29) is 19.6 Å². The van der Waals surface area contributed by atoms with Crippen LogP contribution in [0.5, 0.6) is 0 Å². The number of aliphatic hydroxyl groups excluding tert-OH is 1. The zero-order valence-corrected chi connectivity index (χ0v) is 23.0. The first kappa shape index (κ1) is 29.8. The largest absolute Gasteiger partial charge is 0.464 e. The number of ether oxygens (including phenoxy) is 3. The van der Waals surface area contributed by atoms with Gasteiger partial charge in [0.15, 0.2) is 6.10 Å². The molecule has 9 heteroatoms. The molecule has 0 radical (unpaired) electrons. The van der Waals surface area contributed by atoms with Crippen LogP contribution >= 0.6 is 0 Å². The maximum absolute atomic E-state index is 13.6. The average molecular weight is 561 g/mol. The number of nitrogens with one attached hydrogen (secondary N) is 2. The van der Waals surface area contributed by atoms with Gasteiger partial charge in [0.2, 0.25) is 5.91 Å². The van der Waals surface area contributed by atoms with Crippen molar-refractivity contribution < 1.29 is 33.7 Å². The van der Waals surface area contributed by atoms with Crippen molar-refractivity contribution in [3.8, 4) is 0 Å². The molecule has 216 valence electrons. The lowest BCUT2D eigenvalue weighted by molar-refractivity contribution is -0.144. The lowest BCUT2D eigenvalue weighted by atomic mass is 9.97. The minimum atomic E-state index is -1.17. The van der Waals surface area contributed by atoms with Gasteiger partial charge in [-0.2, -0.15) is 0 Å². The highest BCUT2D eigenvalue weighted by atomic mass is 16.6. The second-order valence-electron chi connectivity index (χ2n) is 9.85. The lowest BCUT2D eigenvalue weighted by Gasteiger charge is -2.26. The molecule has 1 aliphatic rings. The standard InChI is InChI=1S/C32H36N2O7/c1-2-39-31(37)29-28(41-29)27(35)25(19-18-22-12-6-3-7-13-22)33-30(36)26(20-23-14-8-4-9-15-23)34-32(38)40-21-24-16-10-5-11-17-24/h3-17,25-29,35H,2,18-21H2,1H3,(H,33,36)(H,34,38)/t25-,26-,27-,28+,29-/m0/s1. The SMILES string of the molecule is CCOC(=O)[C@H]1O[C@@H]1[C@@H](O)[C@H](CCc1ccccc1)NC(=O)[C@H](Cc1ccccc1)NC(=O)OCc1ccccc1. The summed E-state index contributed by atoms with van der Waals surface area (Å²) in [4.78, 5) is 38.5. The van der Waals surface area contributed by atoms with Crippen LogP contribution in [0, 0.1) is 0 Å². The summed E-state index contributed by atoms with van der Waals surface area (Å²) < 4.78 is 15.8. The van der Waals surface area contributed by atoms with Crippen molar-refractivity contribution in [2.45, 2.75) is 63.2 Å². The van der Waals surface area contributed by atoms with Crippen LogP contribution in [0.1, 0.15) is 30.0 Å². The van der Waals surface area contributed by atoms with Crippen molar-refractivity contribution in [2.24, 2.45) is 0 Å². The Labute approximate surface area is 239 Å². The molecule has 4 rings (SSSR count). The number of rotatable bonds is 14. The predicted molar refractivity (Wildman–Crippen MR) is 152 cm³/mol.